The maximum atomic E-state index is 10.5. The van der Waals surface area contributed by atoms with Crippen molar-refractivity contribution in [2.75, 3.05) is 11.9 Å². The summed E-state index contributed by atoms with van der Waals surface area (Å²) in [5, 5.41) is 13.7. The molecule has 4 nitrogen and oxygen atoms in total. The summed E-state index contributed by atoms with van der Waals surface area (Å²) in [5.74, 6) is 1.46. The van der Waals surface area contributed by atoms with Crippen LogP contribution in [0.4, 0.5) is 5.82 Å². The van der Waals surface area contributed by atoms with Crippen molar-refractivity contribution in [1.29, 1.82) is 0 Å². The molecule has 1 heterocycles. The first-order valence-electron chi connectivity index (χ1n) is 7.17. The quantitative estimate of drug-likeness (QED) is 0.858. The Bertz CT molecular complexity index is 401. The van der Waals surface area contributed by atoms with Crippen molar-refractivity contribution in [3.63, 3.8) is 0 Å². The smallest absolute Gasteiger partial charge is 0.168 e. The molecule has 1 aliphatic carbocycles. The summed E-state index contributed by atoms with van der Waals surface area (Å²) in [4.78, 5) is 4.30. The van der Waals surface area contributed by atoms with E-state index >= 15 is 0 Å². The van der Waals surface area contributed by atoms with Crippen LogP contribution in [0.25, 0.3) is 0 Å². The summed E-state index contributed by atoms with van der Waals surface area (Å²) in [6.07, 6.45) is 7.03. The molecule has 2 rings (SSSR count). The van der Waals surface area contributed by atoms with Gasteiger partial charge in [0.1, 0.15) is 0 Å². The van der Waals surface area contributed by atoms with Gasteiger partial charge >= 0.3 is 0 Å². The van der Waals surface area contributed by atoms with Crippen molar-refractivity contribution in [3.05, 3.63) is 18.3 Å². The van der Waals surface area contributed by atoms with E-state index in [9.17, 15) is 5.11 Å². The number of hydrogen-bond donors (Lipinski definition) is 2. The summed E-state index contributed by atoms with van der Waals surface area (Å²) >= 11 is 0. The Morgan fingerprint density at radius 3 is 2.79 bits per heavy atom. The second-order valence-electron chi connectivity index (χ2n) is 5.66. The molecule has 0 saturated heterocycles. The standard InChI is InChI=1S/C15H24N2O2/c1-12(2)19-13-7-6-10-16-14(13)17-11-15(18)8-4-3-5-9-15/h6-7,10,12,18H,3-5,8-9,11H2,1-2H3,(H,16,17). The topological polar surface area (TPSA) is 54.4 Å². The minimum absolute atomic E-state index is 0.113. The number of anilines is 1. The minimum Gasteiger partial charge on any atom is -0.487 e. The normalized spacial score (nSPS) is 18.3. The van der Waals surface area contributed by atoms with Crippen LogP contribution >= 0.6 is 0 Å². The molecule has 1 aliphatic rings. The molecule has 0 atom stereocenters. The molecule has 19 heavy (non-hydrogen) atoms. The van der Waals surface area contributed by atoms with E-state index in [1.54, 1.807) is 6.20 Å². The Balaban J connectivity index is 1.98. The average Bonchev–Trinajstić information content (AvgIpc) is 2.38. The molecular weight excluding hydrogens is 240 g/mol. The molecule has 2 N–H and O–H groups in total. The second-order valence-corrected chi connectivity index (χ2v) is 5.66. The number of pyridine rings is 1. The molecule has 0 unspecified atom stereocenters. The molecule has 0 amide bonds. The summed E-state index contributed by atoms with van der Waals surface area (Å²) in [5.41, 5.74) is -0.592. The van der Waals surface area contributed by atoms with Crippen LogP contribution in [-0.2, 0) is 0 Å². The molecule has 1 fully saturated rings. The third-order valence-corrected chi connectivity index (χ3v) is 3.50. The van der Waals surface area contributed by atoms with Crippen LogP contribution in [0.5, 0.6) is 5.75 Å². The highest BCUT2D eigenvalue weighted by atomic mass is 16.5. The monoisotopic (exact) mass is 264 g/mol. The fraction of sp³-hybridized carbons (Fsp3) is 0.667. The Morgan fingerprint density at radius 2 is 2.11 bits per heavy atom. The summed E-state index contributed by atoms with van der Waals surface area (Å²) in [6, 6.07) is 3.76. The van der Waals surface area contributed by atoms with E-state index < -0.39 is 5.60 Å². The van der Waals surface area contributed by atoms with Crippen molar-refractivity contribution in [2.24, 2.45) is 0 Å². The molecule has 0 aliphatic heterocycles. The zero-order valence-electron chi connectivity index (χ0n) is 11.9. The van der Waals surface area contributed by atoms with Gasteiger partial charge in [-0.15, -0.1) is 0 Å². The predicted molar refractivity (Wildman–Crippen MR) is 76.5 cm³/mol. The minimum atomic E-state index is -0.592. The predicted octanol–water partition coefficient (Wildman–Crippen LogP) is 2.98. The van der Waals surface area contributed by atoms with Crippen LogP contribution in [0.2, 0.25) is 0 Å². The number of aromatic nitrogens is 1. The van der Waals surface area contributed by atoms with Crippen molar-refractivity contribution in [1.82, 2.24) is 4.98 Å². The highest BCUT2D eigenvalue weighted by molar-refractivity contribution is 5.49. The number of aliphatic hydroxyl groups is 1. The van der Waals surface area contributed by atoms with E-state index in [4.69, 9.17) is 4.74 Å². The van der Waals surface area contributed by atoms with Crippen molar-refractivity contribution in [3.8, 4) is 5.75 Å². The van der Waals surface area contributed by atoms with Gasteiger partial charge in [0.25, 0.3) is 0 Å². The van der Waals surface area contributed by atoms with Crippen LogP contribution in [0, 0.1) is 0 Å². The third-order valence-electron chi connectivity index (χ3n) is 3.50. The van der Waals surface area contributed by atoms with Gasteiger partial charge in [-0.3, -0.25) is 0 Å². The Morgan fingerprint density at radius 1 is 1.37 bits per heavy atom. The molecule has 0 bridgehead atoms. The SMILES string of the molecule is CC(C)Oc1cccnc1NCC1(O)CCCCC1. The molecule has 106 valence electrons. The number of nitrogens with one attached hydrogen (secondary N) is 1. The number of rotatable bonds is 5. The van der Waals surface area contributed by atoms with Gasteiger partial charge in [-0.05, 0) is 38.8 Å². The van der Waals surface area contributed by atoms with Gasteiger partial charge in [0.05, 0.1) is 11.7 Å². The Labute approximate surface area is 115 Å². The van der Waals surface area contributed by atoms with Crippen molar-refractivity contribution < 1.29 is 9.84 Å². The Hall–Kier alpha value is -1.29. The first kappa shape index (κ1) is 14.1. The van der Waals surface area contributed by atoms with E-state index in [1.165, 1.54) is 6.42 Å². The van der Waals surface area contributed by atoms with E-state index in [2.05, 4.69) is 10.3 Å². The molecule has 0 spiro atoms. The van der Waals surface area contributed by atoms with Crippen LogP contribution in [-0.4, -0.2) is 28.3 Å². The fourth-order valence-electron chi connectivity index (χ4n) is 2.51. The number of nitrogens with zero attached hydrogens (tertiary/aromatic N) is 1. The van der Waals surface area contributed by atoms with Gasteiger partial charge in [0.15, 0.2) is 11.6 Å². The van der Waals surface area contributed by atoms with E-state index in [0.29, 0.717) is 6.54 Å². The lowest BCUT2D eigenvalue weighted by molar-refractivity contribution is 0.0166. The van der Waals surface area contributed by atoms with Crippen LogP contribution in [0.3, 0.4) is 0 Å². The first-order chi connectivity index (χ1) is 9.09. The molecule has 0 aromatic carbocycles. The lowest BCUT2D eigenvalue weighted by Crippen LogP contribution is -2.39. The van der Waals surface area contributed by atoms with Gasteiger partial charge in [0, 0.05) is 12.7 Å². The summed E-state index contributed by atoms with van der Waals surface area (Å²) in [6.45, 7) is 4.52. The van der Waals surface area contributed by atoms with Crippen molar-refractivity contribution >= 4 is 5.82 Å². The highest BCUT2D eigenvalue weighted by Crippen LogP contribution is 2.29. The molecule has 0 radical (unpaired) electrons. The van der Waals surface area contributed by atoms with E-state index in [1.807, 2.05) is 26.0 Å². The Kier molecular flexibility index (Phi) is 4.64. The molecule has 1 aromatic rings. The molecule has 4 heteroatoms. The van der Waals surface area contributed by atoms with Gasteiger partial charge < -0.3 is 15.2 Å². The first-order valence-corrected chi connectivity index (χ1v) is 7.17. The highest BCUT2D eigenvalue weighted by Gasteiger charge is 2.29. The third kappa shape index (κ3) is 4.10. The lowest BCUT2D eigenvalue weighted by Gasteiger charge is -2.32. The summed E-state index contributed by atoms with van der Waals surface area (Å²) < 4.78 is 5.71. The zero-order valence-corrected chi connectivity index (χ0v) is 11.9. The zero-order chi connectivity index (χ0) is 13.7. The van der Waals surface area contributed by atoms with Crippen molar-refractivity contribution in [2.45, 2.75) is 57.7 Å². The van der Waals surface area contributed by atoms with Gasteiger partial charge in [-0.25, -0.2) is 4.98 Å². The number of ether oxygens (including phenoxy) is 1. The largest absolute Gasteiger partial charge is 0.487 e. The van der Waals surface area contributed by atoms with Crippen LogP contribution in [0.1, 0.15) is 46.0 Å². The fourth-order valence-corrected chi connectivity index (χ4v) is 2.51. The van der Waals surface area contributed by atoms with E-state index in [0.717, 1.165) is 37.3 Å². The van der Waals surface area contributed by atoms with Gasteiger partial charge in [0.2, 0.25) is 0 Å². The summed E-state index contributed by atoms with van der Waals surface area (Å²) in [7, 11) is 0. The van der Waals surface area contributed by atoms with Gasteiger partial charge in [-0.1, -0.05) is 19.3 Å². The second kappa shape index (κ2) is 6.24. The molecule has 1 aromatic heterocycles. The molecule has 1 saturated carbocycles. The average molecular weight is 264 g/mol. The van der Waals surface area contributed by atoms with Crippen LogP contribution in [0.15, 0.2) is 18.3 Å². The maximum absolute atomic E-state index is 10.5. The number of hydrogen-bond acceptors (Lipinski definition) is 4. The van der Waals surface area contributed by atoms with Crippen LogP contribution < -0.4 is 10.1 Å². The molecular formula is C15H24N2O2. The maximum Gasteiger partial charge on any atom is 0.168 e. The van der Waals surface area contributed by atoms with E-state index in [-0.39, 0.29) is 6.10 Å². The lowest BCUT2D eigenvalue weighted by atomic mass is 9.85. The van der Waals surface area contributed by atoms with Gasteiger partial charge in [-0.2, -0.15) is 0 Å².